The molecule has 2 atom stereocenters. The highest BCUT2D eigenvalue weighted by Crippen LogP contribution is 2.22. The van der Waals surface area contributed by atoms with Crippen molar-refractivity contribution >= 4 is 5.96 Å². The summed E-state index contributed by atoms with van der Waals surface area (Å²) < 4.78 is 43.2. The van der Waals surface area contributed by atoms with Crippen LogP contribution in [0, 0.1) is 5.92 Å². The normalized spacial score (nSPS) is 19.6. The first-order valence-corrected chi connectivity index (χ1v) is 9.77. The molecular weight excluding hydrogens is 369 g/mol. The third-order valence-corrected chi connectivity index (χ3v) is 4.81. The molecule has 8 heteroatoms. The van der Waals surface area contributed by atoms with Crippen LogP contribution in [0.5, 0.6) is 0 Å². The maximum Gasteiger partial charge on any atom is 0.401 e. The van der Waals surface area contributed by atoms with Gasteiger partial charge in [0, 0.05) is 33.3 Å². The third kappa shape index (κ3) is 8.48. The number of nitrogens with zero attached hydrogens (tertiary/aromatic N) is 2. The molecule has 0 saturated carbocycles. The van der Waals surface area contributed by atoms with Crippen molar-refractivity contribution in [2.45, 2.75) is 32.0 Å². The number of likely N-dealkylation sites (tertiary alicyclic amines) is 1. The van der Waals surface area contributed by atoms with E-state index in [2.05, 4.69) is 15.6 Å². The molecule has 2 rings (SSSR count). The topological polar surface area (TPSA) is 48.9 Å². The summed E-state index contributed by atoms with van der Waals surface area (Å²) in [4.78, 5) is 5.63. The molecule has 2 N–H and O–H groups in total. The summed E-state index contributed by atoms with van der Waals surface area (Å²) in [7, 11) is 1.69. The molecule has 1 saturated heterocycles. The average molecular weight is 400 g/mol. The zero-order valence-electron chi connectivity index (χ0n) is 16.6. The molecule has 5 nitrogen and oxygen atoms in total. The fourth-order valence-electron chi connectivity index (χ4n) is 3.30. The van der Waals surface area contributed by atoms with E-state index in [4.69, 9.17) is 4.74 Å². The number of halogens is 3. The molecule has 1 aliphatic rings. The SMILES string of the molecule is CN=C(NCCCOC(C)c1ccccc1)NCC1CCN(CC(F)(F)F)C1. The molecule has 1 heterocycles. The highest BCUT2D eigenvalue weighted by molar-refractivity contribution is 5.79. The Labute approximate surface area is 165 Å². The summed E-state index contributed by atoms with van der Waals surface area (Å²) in [6.45, 7) is 4.14. The zero-order chi connectivity index (χ0) is 20.4. The maximum atomic E-state index is 12.5. The van der Waals surface area contributed by atoms with Crippen molar-refractivity contribution in [3.05, 3.63) is 35.9 Å². The molecule has 0 aliphatic carbocycles. The van der Waals surface area contributed by atoms with Gasteiger partial charge in [-0.15, -0.1) is 0 Å². The van der Waals surface area contributed by atoms with Crippen LogP contribution in [0.2, 0.25) is 0 Å². The van der Waals surface area contributed by atoms with E-state index >= 15 is 0 Å². The fraction of sp³-hybridized carbons (Fsp3) is 0.650. The number of guanidine groups is 1. The Balaban J connectivity index is 1.57. The van der Waals surface area contributed by atoms with Gasteiger partial charge in [-0.2, -0.15) is 13.2 Å². The summed E-state index contributed by atoms with van der Waals surface area (Å²) in [5, 5.41) is 6.43. The van der Waals surface area contributed by atoms with Crippen molar-refractivity contribution < 1.29 is 17.9 Å². The van der Waals surface area contributed by atoms with Crippen LogP contribution in [0.1, 0.15) is 31.4 Å². The lowest BCUT2D eigenvalue weighted by molar-refractivity contribution is -0.143. The Morgan fingerprint density at radius 1 is 1.29 bits per heavy atom. The van der Waals surface area contributed by atoms with Gasteiger partial charge in [-0.05, 0) is 37.8 Å². The smallest absolute Gasteiger partial charge is 0.374 e. The van der Waals surface area contributed by atoms with Gasteiger partial charge in [0.15, 0.2) is 5.96 Å². The molecule has 0 aromatic heterocycles. The summed E-state index contributed by atoms with van der Waals surface area (Å²) >= 11 is 0. The predicted octanol–water partition coefficient (Wildman–Crippen LogP) is 3.20. The maximum absolute atomic E-state index is 12.5. The molecule has 0 bridgehead atoms. The summed E-state index contributed by atoms with van der Waals surface area (Å²) in [5.41, 5.74) is 1.16. The van der Waals surface area contributed by atoms with Gasteiger partial charge in [0.1, 0.15) is 0 Å². The van der Waals surface area contributed by atoms with Crippen LogP contribution in [-0.2, 0) is 4.74 Å². The highest BCUT2D eigenvalue weighted by Gasteiger charge is 2.34. The number of aliphatic imine (C=N–C) groups is 1. The fourth-order valence-corrected chi connectivity index (χ4v) is 3.30. The number of rotatable bonds is 9. The Bertz CT molecular complexity index is 595. The van der Waals surface area contributed by atoms with E-state index in [9.17, 15) is 13.2 Å². The van der Waals surface area contributed by atoms with E-state index in [-0.39, 0.29) is 12.0 Å². The van der Waals surface area contributed by atoms with Crippen molar-refractivity contribution in [3.8, 4) is 0 Å². The first-order valence-electron chi connectivity index (χ1n) is 9.77. The number of nitrogens with one attached hydrogen (secondary N) is 2. The molecular formula is C20H31F3N4O. The Morgan fingerprint density at radius 2 is 2.04 bits per heavy atom. The minimum absolute atomic E-state index is 0.0562. The molecule has 1 aliphatic heterocycles. The van der Waals surface area contributed by atoms with Crippen LogP contribution >= 0.6 is 0 Å². The van der Waals surface area contributed by atoms with Crippen LogP contribution in [0.4, 0.5) is 13.2 Å². The Morgan fingerprint density at radius 3 is 2.71 bits per heavy atom. The van der Waals surface area contributed by atoms with Crippen LogP contribution in [0.15, 0.2) is 35.3 Å². The van der Waals surface area contributed by atoms with Gasteiger partial charge in [0.25, 0.3) is 0 Å². The minimum Gasteiger partial charge on any atom is -0.374 e. The van der Waals surface area contributed by atoms with E-state index in [1.807, 2.05) is 37.3 Å². The van der Waals surface area contributed by atoms with Gasteiger partial charge in [0.2, 0.25) is 0 Å². The number of benzene rings is 1. The number of alkyl halides is 3. The number of ether oxygens (including phenoxy) is 1. The van der Waals surface area contributed by atoms with Gasteiger partial charge in [-0.25, -0.2) is 0 Å². The molecule has 0 amide bonds. The second-order valence-electron chi connectivity index (χ2n) is 7.16. The molecule has 1 aromatic carbocycles. The lowest BCUT2D eigenvalue weighted by Crippen LogP contribution is -2.41. The van der Waals surface area contributed by atoms with Crippen LogP contribution < -0.4 is 10.6 Å². The molecule has 2 unspecified atom stereocenters. The number of hydrogen-bond acceptors (Lipinski definition) is 3. The summed E-state index contributed by atoms with van der Waals surface area (Å²) in [6.07, 6.45) is -2.47. The van der Waals surface area contributed by atoms with E-state index in [0.717, 1.165) is 18.4 Å². The molecule has 28 heavy (non-hydrogen) atoms. The van der Waals surface area contributed by atoms with Gasteiger partial charge < -0.3 is 15.4 Å². The van der Waals surface area contributed by atoms with Crippen molar-refractivity contribution in [2.24, 2.45) is 10.9 Å². The molecule has 0 radical (unpaired) electrons. The standard InChI is InChI=1S/C20H31F3N4O/c1-16(18-7-4-3-5-8-18)28-12-6-10-25-19(24-2)26-13-17-9-11-27(14-17)15-20(21,22)23/h3-5,7-8,16-17H,6,9-15H2,1-2H3,(H2,24,25,26). The van der Waals surface area contributed by atoms with Crippen molar-refractivity contribution in [3.63, 3.8) is 0 Å². The van der Waals surface area contributed by atoms with E-state index in [0.29, 0.717) is 38.7 Å². The highest BCUT2D eigenvalue weighted by atomic mass is 19.4. The monoisotopic (exact) mass is 400 g/mol. The van der Waals surface area contributed by atoms with Crippen molar-refractivity contribution in [1.82, 2.24) is 15.5 Å². The average Bonchev–Trinajstić information content (AvgIpc) is 3.10. The lowest BCUT2D eigenvalue weighted by atomic mass is 10.1. The van der Waals surface area contributed by atoms with Gasteiger partial charge >= 0.3 is 6.18 Å². The summed E-state index contributed by atoms with van der Waals surface area (Å²) in [6, 6.07) is 10.1. The zero-order valence-corrected chi connectivity index (χ0v) is 16.6. The second-order valence-corrected chi connectivity index (χ2v) is 7.16. The Kier molecular flexibility index (Phi) is 9.05. The molecule has 1 fully saturated rings. The molecule has 1 aromatic rings. The van der Waals surface area contributed by atoms with Crippen LogP contribution in [0.3, 0.4) is 0 Å². The van der Waals surface area contributed by atoms with Crippen LogP contribution in [-0.4, -0.2) is 63.4 Å². The molecule has 158 valence electrons. The van der Waals surface area contributed by atoms with Crippen molar-refractivity contribution in [1.29, 1.82) is 0 Å². The predicted molar refractivity (Wildman–Crippen MR) is 105 cm³/mol. The van der Waals surface area contributed by atoms with Gasteiger partial charge in [-0.3, -0.25) is 9.89 Å². The first-order chi connectivity index (χ1) is 13.4. The second kappa shape index (κ2) is 11.3. The summed E-state index contributed by atoms with van der Waals surface area (Å²) in [5.74, 6) is 0.876. The van der Waals surface area contributed by atoms with Gasteiger partial charge in [-0.1, -0.05) is 30.3 Å². The molecule has 0 spiro atoms. The first kappa shape index (κ1) is 22.5. The van der Waals surface area contributed by atoms with E-state index in [1.54, 1.807) is 7.05 Å². The number of hydrogen-bond donors (Lipinski definition) is 2. The lowest BCUT2D eigenvalue weighted by Gasteiger charge is -2.19. The van der Waals surface area contributed by atoms with E-state index < -0.39 is 12.7 Å². The quantitative estimate of drug-likeness (QED) is 0.380. The van der Waals surface area contributed by atoms with Gasteiger partial charge in [0.05, 0.1) is 12.6 Å². The Hall–Kier alpha value is -1.80. The largest absolute Gasteiger partial charge is 0.401 e. The van der Waals surface area contributed by atoms with E-state index in [1.165, 1.54) is 4.90 Å². The van der Waals surface area contributed by atoms with Crippen molar-refractivity contribution in [2.75, 3.05) is 46.4 Å². The third-order valence-electron chi connectivity index (χ3n) is 4.81. The minimum atomic E-state index is -4.13. The van der Waals surface area contributed by atoms with Crippen LogP contribution in [0.25, 0.3) is 0 Å².